The lowest BCUT2D eigenvalue weighted by molar-refractivity contribution is -0.150. The fourth-order valence-corrected chi connectivity index (χ4v) is 2.48. The van der Waals surface area contributed by atoms with Gasteiger partial charge in [-0.25, -0.2) is 0 Å². The summed E-state index contributed by atoms with van der Waals surface area (Å²) < 4.78 is 0. The summed E-state index contributed by atoms with van der Waals surface area (Å²) in [4.78, 5) is 22.6. The molecule has 86 valence electrons. The summed E-state index contributed by atoms with van der Waals surface area (Å²) in [6, 6.07) is 0. The molecule has 1 aliphatic rings. The van der Waals surface area contributed by atoms with Crippen LogP contribution in [0.15, 0.2) is 0 Å². The Bertz CT molecular complexity index is 257. The van der Waals surface area contributed by atoms with Gasteiger partial charge < -0.3 is 10.4 Å². The molecule has 15 heavy (non-hydrogen) atoms. The number of carboxylic acids is 1. The number of amides is 1. The number of carbonyl (C=O) groups is 2. The van der Waals surface area contributed by atoms with Gasteiger partial charge in [-0.3, -0.25) is 9.59 Å². The van der Waals surface area contributed by atoms with Crippen molar-refractivity contribution in [3.8, 4) is 0 Å². The van der Waals surface area contributed by atoms with Gasteiger partial charge in [0.1, 0.15) is 0 Å². The van der Waals surface area contributed by atoms with Crippen molar-refractivity contribution in [3.63, 3.8) is 0 Å². The van der Waals surface area contributed by atoms with Gasteiger partial charge in [-0.05, 0) is 19.3 Å². The maximum Gasteiger partial charge on any atom is 0.309 e. The van der Waals surface area contributed by atoms with Gasteiger partial charge in [-0.1, -0.05) is 19.8 Å². The van der Waals surface area contributed by atoms with Crippen LogP contribution in [0.5, 0.6) is 0 Å². The van der Waals surface area contributed by atoms with Crippen LogP contribution in [0.2, 0.25) is 0 Å². The molecular weight excluding hydrogens is 194 g/mol. The first-order chi connectivity index (χ1) is 7.02. The Morgan fingerprint density at radius 1 is 1.40 bits per heavy atom. The van der Waals surface area contributed by atoms with Crippen molar-refractivity contribution in [3.05, 3.63) is 0 Å². The van der Waals surface area contributed by atoms with Crippen LogP contribution in [0.4, 0.5) is 0 Å². The molecule has 1 saturated carbocycles. The van der Waals surface area contributed by atoms with Crippen LogP contribution in [0, 0.1) is 11.3 Å². The van der Waals surface area contributed by atoms with Gasteiger partial charge in [0.2, 0.25) is 5.91 Å². The van der Waals surface area contributed by atoms with E-state index in [2.05, 4.69) is 5.32 Å². The van der Waals surface area contributed by atoms with Gasteiger partial charge in [0, 0.05) is 13.0 Å². The van der Waals surface area contributed by atoms with Crippen LogP contribution in [0.1, 0.15) is 39.0 Å². The highest BCUT2D eigenvalue weighted by Crippen LogP contribution is 2.43. The molecule has 0 aromatic rings. The average Bonchev–Trinajstić information content (AvgIpc) is 2.66. The lowest BCUT2D eigenvalue weighted by Crippen LogP contribution is -2.35. The molecule has 4 heteroatoms. The maximum absolute atomic E-state index is 11.4. The van der Waals surface area contributed by atoms with Crippen LogP contribution < -0.4 is 5.32 Å². The molecule has 0 bridgehead atoms. The molecule has 0 aromatic carbocycles. The second kappa shape index (κ2) is 4.64. The fraction of sp³-hybridized carbons (Fsp3) is 0.818. The Labute approximate surface area is 90.0 Å². The number of aliphatic carboxylic acids is 1. The van der Waals surface area contributed by atoms with Crippen LogP contribution in [-0.2, 0) is 9.59 Å². The molecule has 0 radical (unpaired) electrons. The average molecular weight is 213 g/mol. The summed E-state index contributed by atoms with van der Waals surface area (Å²) in [5.74, 6) is -1.03. The zero-order chi connectivity index (χ0) is 11.5. The van der Waals surface area contributed by atoms with Gasteiger partial charge in [0.05, 0.1) is 5.41 Å². The van der Waals surface area contributed by atoms with Gasteiger partial charge in [0.25, 0.3) is 0 Å². The van der Waals surface area contributed by atoms with E-state index in [-0.39, 0.29) is 11.8 Å². The third-order valence-corrected chi connectivity index (χ3v) is 3.41. The molecule has 1 amide bonds. The first-order valence-corrected chi connectivity index (χ1v) is 5.47. The van der Waals surface area contributed by atoms with E-state index in [4.69, 9.17) is 0 Å². The standard InChI is InChI=1S/C11H19NO3/c1-8(9(13)12-2)7-11(10(14)15)5-3-4-6-11/h8H,3-7H2,1-2H3,(H,12,13)(H,14,15)/t8-/m1/s1. The van der Waals surface area contributed by atoms with Gasteiger partial charge in [0.15, 0.2) is 0 Å². The summed E-state index contributed by atoms with van der Waals surface area (Å²) in [7, 11) is 1.58. The van der Waals surface area contributed by atoms with Crippen LogP contribution >= 0.6 is 0 Å². The van der Waals surface area contributed by atoms with Gasteiger partial charge >= 0.3 is 5.97 Å². The zero-order valence-corrected chi connectivity index (χ0v) is 9.38. The van der Waals surface area contributed by atoms with Crippen molar-refractivity contribution < 1.29 is 14.7 Å². The molecule has 0 aliphatic heterocycles. The van der Waals surface area contributed by atoms with Crippen molar-refractivity contribution in [2.75, 3.05) is 7.05 Å². The summed E-state index contributed by atoms with van der Waals surface area (Å²) in [6.45, 7) is 1.79. The highest BCUT2D eigenvalue weighted by Gasteiger charge is 2.42. The van der Waals surface area contributed by atoms with Crippen molar-refractivity contribution in [2.24, 2.45) is 11.3 Å². The number of hydrogen-bond acceptors (Lipinski definition) is 2. The van der Waals surface area contributed by atoms with E-state index in [9.17, 15) is 14.7 Å². The Balaban J connectivity index is 2.67. The second-order valence-electron chi connectivity index (χ2n) is 4.51. The summed E-state index contributed by atoms with van der Waals surface area (Å²) in [5, 5.41) is 11.8. The van der Waals surface area contributed by atoms with Crippen molar-refractivity contribution in [2.45, 2.75) is 39.0 Å². The van der Waals surface area contributed by atoms with Crippen molar-refractivity contribution in [1.29, 1.82) is 0 Å². The van der Waals surface area contributed by atoms with Gasteiger partial charge in [-0.15, -0.1) is 0 Å². The predicted molar refractivity (Wildman–Crippen MR) is 56.4 cm³/mol. The Morgan fingerprint density at radius 2 is 1.93 bits per heavy atom. The first kappa shape index (κ1) is 12.0. The zero-order valence-electron chi connectivity index (χ0n) is 9.38. The Hall–Kier alpha value is -1.06. The summed E-state index contributed by atoms with van der Waals surface area (Å²) >= 11 is 0. The maximum atomic E-state index is 11.4. The molecule has 1 aliphatic carbocycles. The second-order valence-corrected chi connectivity index (χ2v) is 4.51. The normalized spacial score (nSPS) is 20.9. The number of rotatable bonds is 4. The number of carboxylic acid groups (broad SMARTS) is 1. The molecular formula is C11H19NO3. The summed E-state index contributed by atoms with van der Waals surface area (Å²) in [5.41, 5.74) is -0.647. The molecule has 0 spiro atoms. The van der Waals surface area contributed by atoms with E-state index in [1.54, 1.807) is 14.0 Å². The highest BCUT2D eigenvalue weighted by molar-refractivity contribution is 5.80. The minimum absolute atomic E-state index is 0.0671. The lowest BCUT2D eigenvalue weighted by Gasteiger charge is -2.26. The van der Waals surface area contributed by atoms with E-state index in [0.717, 1.165) is 12.8 Å². The third kappa shape index (κ3) is 2.49. The molecule has 0 aromatic heterocycles. The van der Waals surface area contributed by atoms with E-state index in [0.29, 0.717) is 19.3 Å². The highest BCUT2D eigenvalue weighted by atomic mass is 16.4. The summed E-state index contributed by atoms with van der Waals surface area (Å²) in [6.07, 6.45) is 3.81. The number of carbonyl (C=O) groups excluding carboxylic acids is 1. The molecule has 0 unspecified atom stereocenters. The quantitative estimate of drug-likeness (QED) is 0.742. The minimum Gasteiger partial charge on any atom is -0.481 e. The Kier molecular flexibility index (Phi) is 3.72. The van der Waals surface area contributed by atoms with Crippen molar-refractivity contribution >= 4 is 11.9 Å². The van der Waals surface area contributed by atoms with E-state index in [1.807, 2.05) is 0 Å². The largest absolute Gasteiger partial charge is 0.481 e. The monoisotopic (exact) mass is 213 g/mol. The van der Waals surface area contributed by atoms with E-state index < -0.39 is 11.4 Å². The molecule has 1 atom stereocenters. The van der Waals surface area contributed by atoms with Crippen LogP contribution in [0.3, 0.4) is 0 Å². The van der Waals surface area contributed by atoms with E-state index >= 15 is 0 Å². The smallest absolute Gasteiger partial charge is 0.309 e. The molecule has 2 N–H and O–H groups in total. The molecule has 1 rings (SSSR count). The minimum atomic E-state index is -0.740. The Morgan fingerprint density at radius 3 is 2.33 bits per heavy atom. The molecule has 4 nitrogen and oxygen atoms in total. The van der Waals surface area contributed by atoms with Crippen LogP contribution in [-0.4, -0.2) is 24.0 Å². The number of hydrogen-bond donors (Lipinski definition) is 2. The van der Waals surface area contributed by atoms with Crippen LogP contribution in [0.25, 0.3) is 0 Å². The fourth-order valence-electron chi connectivity index (χ4n) is 2.48. The molecule has 0 heterocycles. The first-order valence-electron chi connectivity index (χ1n) is 5.47. The van der Waals surface area contributed by atoms with Crippen molar-refractivity contribution in [1.82, 2.24) is 5.32 Å². The van der Waals surface area contributed by atoms with E-state index in [1.165, 1.54) is 0 Å². The van der Waals surface area contributed by atoms with Gasteiger partial charge in [-0.2, -0.15) is 0 Å². The topological polar surface area (TPSA) is 66.4 Å². The SMILES string of the molecule is CNC(=O)[C@H](C)CC1(C(=O)O)CCCC1. The number of nitrogens with one attached hydrogen (secondary N) is 1. The molecule has 1 fully saturated rings. The molecule has 0 saturated heterocycles. The lowest BCUT2D eigenvalue weighted by atomic mass is 9.78. The third-order valence-electron chi connectivity index (χ3n) is 3.41. The predicted octanol–water partition coefficient (Wildman–Crippen LogP) is 1.40.